The topological polar surface area (TPSA) is 87.1 Å². The maximum Gasteiger partial charge on any atom is 0.328 e. The zero-order valence-electron chi connectivity index (χ0n) is 11.1. The van der Waals surface area contributed by atoms with Gasteiger partial charge in [-0.3, -0.25) is 9.36 Å². The van der Waals surface area contributed by atoms with Gasteiger partial charge in [-0.05, 0) is 50.0 Å². The number of hydrogen-bond donors (Lipinski definition) is 3. The normalized spacial score (nSPS) is 19.3. The number of hydrogen-bond acceptors (Lipinski definition) is 4. The first-order valence-electron chi connectivity index (χ1n) is 6.82. The van der Waals surface area contributed by atoms with Gasteiger partial charge in [0.25, 0.3) is 5.56 Å². The Kier molecular flexibility index (Phi) is 3.31. The largest absolute Gasteiger partial charge is 0.508 e. The Labute approximate surface area is 115 Å². The molecule has 0 spiro atoms. The van der Waals surface area contributed by atoms with Crippen molar-refractivity contribution in [3.63, 3.8) is 0 Å². The van der Waals surface area contributed by atoms with Gasteiger partial charge in [-0.2, -0.15) is 0 Å². The molecule has 3 N–H and O–H groups in total. The third kappa shape index (κ3) is 2.34. The number of benzene rings is 1. The molecule has 1 aliphatic heterocycles. The molecule has 1 aromatic heterocycles. The van der Waals surface area contributed by atoms with Gasteiger partial charge in [0.1, 0.15) is 5.75 Å². The van der Waals surface area contributed by atoms with E-state index in [-0.39, 0.29) is 17.2 Å². The third-order valence-corrected chi connectivity index (χ3v) is 3.81. The number of phenols is 1. The van der Waals surface area contributed by atoms with Crippen LogP contribution in [-0.2, 0) is 6.54 Å². The van der Waals surface area contributed by atoms with E-state index in [1.807, 2.05) is 0 Å². The van der Waals surface area contributed by atoms with E-state index in [2.05, 4.69) is 10.3 Å². The molecule has 1 fully saturated rings. The molecule has 6 heteroatoms. The van der Waals surface area contributed by atoms with Crippen LogP contribution in [0.1, 0.15) is 12.8 Å². The summed E-state index contributed by atoms with van der Waals surface area (Å²) in [7, 11) is 0. The van der Waals surface area contributed by atoms with Crippen LogP contribution < -0.4 is 16.6 Å². The van der Waals surface area contributed by atoms with Crippen LogP contribution in [0.15, 0.2) is 27.8 Å². The van der Waals surface area contributed by atoms with Gasteiger partial charge in [0, 0.05) is 6.54 Å². The molecule has 2 heterocycles. The lowest BCUT2D eigenvalue weighted by Gasteiger charge is -2.23. The summed E-state index contributed by atoms with van der Waals surface area (Å²) in [6, 6.07) is 4.39. The zero-order chi connectivity index (χ0) is 14.1. The van der Waals surface area contributed by atoms with E-state index in [4.69, 9.17) is 0 Å². The van der Waals surface area contributed by atoms with Gasteiger partial charge in [-0.1, -0.05) is 0 Å². The maximum absolute atomic E-state index is 12.4. The molecule has 1 aliphatic rings. The number of aromatic hydroxyl groups is 1. The van der Waals surface area contributed by atoms with Crippen molar-refractivity contribution < 1.29 is 5.11 Å². The molecule has 0 amide bonds. The highest BCUT2D eigenvalue weighted by Crippen LogP contribution is 2.15. The summed E-state index contributed by atoms with van der Waals surface area (Å²) < 4.78 is 1.24. The predicted octanol–water partition coefficient (Wildman–Crippen LogP) is 0.395. The first kappa shape index (κ1) is 12.9. The van der Waals surface area contributed by atoms with Crippen LogP contribution in [0, 0.1) is 5.92 Å². The minimum Gasteiger partial charge on any atom is -0.508 e. The summed E-state index contributed by atoms with van der Waals surface area (Å²) in [6.45, 7) is 2.23. The molecular formula is C14H17N3O3. The minimum absolute atomic E-state index is 0.0209. The van der Waals surface area contributed by atoms with Gasteiger partial charge in [-0.25, -0.2) is 4.79 Å². The Bertz CT molecular complexity index is 741. The minimum atomic E-state index is -0.390. The molecule has 0 bridgehead atoms. The van der Waals surface area contributed by atoms with Crippen LogP contribution in [0.4, 0.5) is 0 Å². The number of piperidine rings is 1. The van der Waals surface area contributed by atoms with Crippen molar-refractivity contribution in [2.45, 2.75) is 19.4 Å². The molecule has 1 unspecified atom stereocenters. The Morgan fingerprint density at radius 2 is 2.20 bits per heavy atom. The van der Waals surface area contributed by atoms with E-state index in [1.54, 1.807) is 6.07 Å². The fourth-order valence-corrected chi connectivity index (χ4v) is 2.74. The molecule has 1 aromatic carbocycles. The van der Waals surface area contributed by atoms with Crippen LogP contribution in [0.3, 0.4) is 0 Å². The smallest absolute Gasteiger partial charge is 0.328 e. The number of H-pyrrole nitrogens is 1. The number of rotatable bonds is 2. The molecular weight excluding hydrogens is 258 g/mol. The van der Waals surface area contributed by atoms with E-state index >= 15 is 0 Å². The highest BCUT2D eigenvalue weighted by molar-refractivity contribution is 5.78. The van der Waals surface area contributed by atoms with Crippen LogP contribution in [-0.4, -0.2) is 27.7 Å². The lowest BCUT2D eigenvalue weighted by molar-refractivity contribution is 0.329. The molecule has 20 heavy (non-hydrogen) atoms. The van der Waals surface area contributed by atoms with Crippen LogP contribution in [0.2, 0.25) is 0 Å². The van der Waals surface area contributed by atoms with Gasteiger partial charge in [0.2, 0.25) is 0 Å². The van der Waals surface area contributed by atoms with Gasteiger partial charge in [0.15, 0.2) is 0 Å². The second-order valence-electron chi connectivity index (χ2n) is 5.29. The van der Waals surface area contributed by atoms with Crippen LogP contribution >= 0.6 is 0 Å². The summed E-state index contributed by atoms with van der Waals surface area (Å²) in [5, 5.41) is 13.1. The number of nitrogens with zero attached hydrogens (tertiary/aromatic N) is 1. The molecule has 0 aliphatic carbocycles. The molecule has 106 valence electrons. The second kappa shape index (κ2) is 5.13. The summed E-state index contributed by atoms with van der Waals surface area (Å²) in [5.74, 6) is 0.310. The number of fused-ring (bicyclic) bond motifs is 1. The first-order valence-corrected chi connectivity index (χ1v) is 6.82. The van der Waals surface area contributed by atoms with Crippen LogP contribution in [0.5, 0.6) is 5.75 Å². The molecule has 1 atom stereocenters. The van der Waals surface area contributed by atoms with E-state index in [0.29, 0.717) is 17.4 Å². The predicted molar refractivity (Wildman–Crippen MR) is 76.1 cm³/mol. The van der Waals surface area contributed by atoms with Crippen molar-refractivity contribution in [1.29, 1.82) is 0 Å². The lowest BCUT2D eigenvalue weighted by atomic mass is 10.00. The van der Waals surface area contributed by atoms with Gasteiger partial charge in [-0.15, -0.1) is 0 Å². The molecule has 2 aromatic rings. The van der Waals surface area contributed by atoms with E-state index in [0.717, 1.165) is 25.9 Å². The summed E-state index contributed by atoms with van der Waals surface area (Å²) in [4.78, 5) is 27.1. The average molecular weight is 275 g/mol. The average Bonchev–Trinajstić information content (AvgIpc) is 2.46. The number of phenolic OH excluding ortho intramolecular Hbond substituents is 1. The summed E-state index contributed by atoms with van der Waals surface area (Å²) >= 11 is 0. The van der Waals surface area contributed by atoms with Gasteiger partial charge < -0.3 is 15.4 Å². The fraction of sp³-hybridized carbons (Fsp3) is 0.429. The molecule has 6 nitrogen and oxygen atoms in total. The van der Waals surface area contributed by atoms with E-state index in [9.17, 15) is 14.7 Å². The second-order valence-corrected chi connectivity index (χ2v) is 5.29. The standard InChI is InChI=1S/C14H17N3O3/c18-10-3-4-12-11(6-10)13(19)17(14(20)16-12)8-9-2-1-5-15-7-9/h3-4,6,9,15,18H,1-2,5,7-8H2,(H,16,20). The van der Waals surface area contributed by atoms with Gasteiger partial charge >= 0.3 is 5.69 Å². The molecule has 0 saturated carbocycles. The van der Waals surface area contributed by atoms with E-state index < -0.39 is 5.69 Å². The monoisotopic (exact) mass is 275 g/mol. The van der Waals surface area contributed by atoms with Crippen LogP contribution in [0.25, 0.3) is 10.9 Å². The Morgan fingerprint density at radius 3 is 2.95 bits per heavy atom. The van der Waals surface area contributed by atoms with Gasteiger partial charge in [0.05, 0.1) is 10.9 Å². The number of aromatic amines is 1. The first-order chi connectivity index (χ1) is 9.65. The maximum atomic E-state index is 12.4. The lowest BCUT2D eigenvalue weighted by Crippen LogP contribution is -2.40. The molecule has 0 radical (unpaired) electrons. The van der Waals surface area contributed by atoms with Crippen molar-refractivity contribution >= 4 is 10.9 Å². The van der Waals surface area contributed by atoms with Crippen molar-refractivity contribution in [2.24, 2.45) is 5.92 Å². The number of aromatic nitrogens is 2. The quantitative estimate of drug-likeness (QED) is 0.740. The molecule has 3 rings (SSSR count). The number of nitrogens with one attached hydrogen (secondary N) is 2. The Morgan fingerprint density at radius 1 is 1.35 bits per heavy atom. The van der Waals surface area contributed by atoms with Crippen molar-refractivity contribution in [2.75, 3.05) is 13.1 Å². The van der Waals surface area contributed by atoms with Crippen molar-refractivity contribution in [1.82, 2.24) is 14.9 Å². The van der Waals surface area contributed by atoms with E-state index in [1.165, 1.54) is 16.7 Å². The summed E-state index contributed by atoms with van der Waals surface area (Å²) in [6.07, 6.45) is 2.07. The Balaban J connectivity index is 2.05. The highest BCUT2D eigenvalue weighted by atomic mass is 16.3. The SMILES string of the molecule is O=c1[nH]c2ccc(O)cc2c(=O)n1CC1CCCNC1. The van der Waals surface area contributed by atoms with Crippen molar-refractivity contribution in [3.05, 3.63) is 39.0 Å². The molecule has 1 saturated heterocycles. The highest BCUT2D eigenvalue weighted by Gasteiger charge is 2.16. The third-order valence-electron chi connectivity index (χ3n) is 3.81. The van der Waals surface area contributed by atoms with Crippen molar-refractivity contribution in [3.8, 4) is 5.75 Å². The Hall–Kier alpha value is -2.08. The summed E-state index contributed by atoms with van der Waals surface area (Å²) in [5.41, 5.74) is -0.278. The zero-order valence-corrected chi connectivity index (χ0v) is 11.1. The fourth-order valence-electron chi connectivity index (χ4n) is 2.74.